The van der Waals surface area contributed by atoms with Gasteiger partial charge in [0.1, 0.15) is 11.9 Å². The Labute approximate surface area is 212 Å². The zero-order valence-electron chi connectivity index (χ0n) is 21.8. The Balaban J connectivity index is 0.968. The zero-order valence-corrected chi connectivity index (χ0v) is 21.8. The number of anilines is 1. The average Bonchev–Trinajstić information content (AvgIpc) is 3.40. The summed E-state index contributed by atoms with van der Waals surface area (Å²) in [6.07, 6.45) is 5.67. The second kappa shape index (κ2) is 7.89. The fourth-order valence-corrected chi connectivity index (χ4v) is 7.43. The molecule has 0 N–H and O–H groups in total. The predicted octanol–water partition coefficient (Wildman–Crippen LogP) is 3.46. The molecular weight excluding hydrogens is 452 g/mol. The summed E-state index contributed by atoms with van der Waals surface area (Å²) in [5.74, 6) is 2.20. The minimum Gasteiger partial charge on any atom is -0.485 e. The summed E-state index contributed by atoms with van der Waals surface area (Å²) < 4.78 is 13.7. The number of hydrogen-bond donors (Lipinski definition) is 0. The predicted molar refractivity (Wildman–Crippen MR) is 138 cm³/mol. The van der Waals surface area contributed by atoms with E-state index in [4.69, 9.17) is 9.47 Å². The van der Waals surface area contributed by atoms with Gasteiger partial charge in [-0.05, 0) is 68.6 Å². The molecule has 5 aliphatic rings. The van der Waals surface area contributed by atoms with E-state index in [1.54, 1.807) is 4.52 Å². The summed E-state index contributed by atoms with van der Waals surface area (Å²) in [5.41, 5.74) is 5.69. The Kier molecular flexibility index (Phi) is 4.93. The Hall–Kier alpha value is -2.71. The number of ether oxygens (including phenoxy) is 2. The third-order valence-electron chi connectivity index (χ3n) is 9.17. The molecule has 3 aromatic rings. The van der Waals surface area contributed by atoms with E-state index >= 15 is 0 Å². The maximum Gasteiger partial charge on any atom is 0.253 e. The van der Waals surface area contributed by atoms with Crippen LogP contribution in [0, 0.1) is 26.2 Å². The molecule has 4 heterocycles. The highest BCUT2D eigenvalue weighted by molar-refractivity contribution is 5.52. The molecule has 2 aliphatic heterocycles. The van der Waals surface area contributed by atoms with Crippen molar-refractivity contribution in [2.24, 2.45) is 5.41 Å². The normalized spacial score (nSPS) is 29.8. The minimum atomic E-state index is 0.141. The number of fused-ring (bicyclic) bond motifs is 1. The summed E-state index contributed by atoms with van der Waals surface area (Å²) in [7, 11) is 1.83. The number of methoxy groups -OCH3 is 1. The lowest BCUT2D eigenvalue weighted by molar-refractivity contribution is -0.174. The number of rotatable bonds is 7. The molecule has 0 radical (unpaired) electrons. The van der Waals surface area contributed by atoms with Crippen molar-refractivity contribution >= 4 is 11.5 Å². The van der Waals surface area contributed by atoms with E-state index < -0.39 is 0 Å². The van der Waals surface area contributed by atoms with Crippen molar-refractivity contribution in [3.05, 3.63) is 47.0 Å². The van der Waals surface area contributed by atoms with Crippen LogP contribution >= 0.6 is 0 Å². The molecule has 0 unspecified atom stereocenters. The van der Waals surface area contributed by atoms with Gasteiger partial charge in [-0.3, -0.25) is 4.90 Å². The minimum absolute atomic E-state index is 0.141. The molecule has 5 fully saturated rings. The Morgan fingerprint density at radius 1 is 0.972 bits per heavy atom. The van der Waals surface area contributed by atoms with Gasteiger partial charge >= 0.3 is 0 Å². The van der Waals surface area contributed by atoms with E-state index in [2.05, 4.69) is 49.1 Å². The third-order valence-corrected chi connectivity index (χ3v) is 9.17. The number of aromatic nitrogens is 4. The number of hydrogen-bond acceptors (Lipinski definition) is 7. The number of nitrogens with zero attached hydrogens (tertiary/aromatic N) is 6. The van der Waals surface area contributed by atoms with Gasteiger partial charge in [-0.2, -0.15) is 9.50 Å². The first-order valence-electron chi connectivity index (χ1n) is 13.3. The molecule has 8 rings (SSSR count). The van der Waals surface area contributed by atoms with Gasteiger partial charge in [0.15, 0.2) is 5.75 Å². The molecule has 2 saturated heterocycles. The molecule has 0 amide bonds. The van der Waals surface area contributed by atoms with E-state index in [9.17, 15) is 0 Å². The first kappa shape index (κ1) is 22.5. The second-order valence-electron chi connectivity index (χ2n) is 11.9. The van der Waals surface area contributed by atoms with Crippen molar-refractivity contribution in [3.63, 3.8) is 0 Å². The van der Waals surface area contributed by atoms with Gasteiger partial charge in [0.05, 0.1) is 24.0 Å². The summed E-state index contributed by atoms with van der Waals surface area (Å²) in [4.78, 5) is 14.0. The highest BCUT2D eigenvalue weighted by Gasteiger charge is 2.68. The van der Waals surface area contributed by atoms with Crippen LogP contribution in [0.4, 0.5) is 5.69 Å². The smallest absolute Gasteiger partial charge is 0.253 e. The number of benzene rings is 1. The SMILES string of the molecule is COC1CN(CC23CC(c4ccc(N5CC[C@@H](Oc6c(C)nc7nc(C)nn7c6C)C5)cc4)(C2)C3)C1. The fraction of sp³-hybridized carbons (Fsp3) is 0.607. The first-order chi connectivity index (χ1) is 17.4. The molecule has 2 aromatic heterocycles. The third kappa shape index (κ3) is 3.44. The quantitative estimate of drug-likeness (QED) is 0.505. The second-order valence-corrected chi connectivity index (χ2v) is 11.9. The maximum atomic E-state index is 6.48. The molecule has 1 aromatic carbocycles. The fourth-order valence-electron chi connectivity index (χ4n) is 7.43. The zero-order chi connectivity index (χ0) is 24.7. The van der Waals surface area contributed by atoms with Crippen molar-refractivity contribution in [2.45, 2.75) is 64.1 Å². The summed E-state index contributed by atoms with van der Waals surface area (Å²) in [6, 6.07) is 9.42. The van der Waals surface area contributed by atoms with E-state index in [0.29, 0.717) is 22.7 Å². The van der Waals surface area contributed by atoms with Crippen LogP contribution in [-0.2, 0) is 10.2 Å². The highest BCUT2D eigenvalue weighted by atomic mass is 16.5. The van der Waals surface area contributed by atoms with Crippen LogP contribution in [0.2, 0.25) is 0 Å². The van der Waals surface area contributed by atoms with E-state index in [1.165, 1.54) is 37.1 Å². The Morgan fingerprint density at radius 3 is 2.44 bits per heavy atom. The van der Waals surface area contributed by atoms with Crippen molar-refractivity contribution < 1.29 is 9.47 Å². The van der Waals surface area contributed by atoms with Gasteiger partial charge in [0.2, 0.25) is 0 Å². The maximum absolute atomic E-state index is 6.48. The van der Waals surface area contributed by atoms with Gasteiger partial charge in [-0.1, -0.05) is 12.1 Å². The Morgan fingerprint density at radius 2 is 1.72 bits per heavy atom. The van der Waals surface area contributed by atoms with Gasteiger partial charge in [0, 0.05) is 45.4 Å². The van der Waals surface area contributed by atoms with Crippen LogP contribution in [0.15, 0.2) is 24.3 Å². The average molecular weight is 489 g/mol. The summed E-state index contributed by atoms with van der Waals surface area (Å²) in [6.45, 7) is 11.3. The van der Waals surface area contributed by atoms with Crippen LogP contribution in [0.1, 0.15) is 48.5 Å². The highest BCUT2D eigenvalue weighted by Crippen LogP contribution is 2.73. The largest absolute Gasteiger partial charge is 0.485 e. The molecule has 3 aliphatic carbocycles. The van der Waals surface area contributed by atoms with Gasteiger partial charge in [-0.15, -0.1) is 5.10 Å². The van der Waals surface area contributed by atoms with E-state index in [0.717, 1.165) is 55.6 Å². The van der Waals surface area contributed by atoms with E-state index in [-0.39, 0.29) is 6.10 Å². The lowest BCUT2D eigenvalue weighted by atomic mass is 9.33. The topological polar surface area (TPSA) is 68.0 Å². The van der Waals surface area contributed by atoms with Crippen molar-refractivity contribution in [1.29, 1.82) is 0 Å². The molecule has 2 bridgehead atoms. The molecule has 36 heavy (non-hydrogen) atoms. The van der Waals surface area contributed by atoms with Gasteiger partial charge < -0.3 is 14.4 Å². The van der Waals surface area contributed by atoms with Crippen LogP contribution in [-0.4, -0.2) is 76.5 Å². The molecule has 190 valence electrons. The standard InChI is InChI=1S/C28H36N6O2/c1-18-25(19(2)34-26(29-18)30-20(3)31-34)36-23-9-10-33(13-23)22-7-5-21(6-8-22)28-14-27(15-28,16-28)17-32-11-24(12-32)35-4/h5-8,23-24H,9-17H2,1-4H3/t23-,27?,28?/m1/s1. The van der Waals surface area contributed by atoms with Crippen LogP contribution in [0.25, 0.3) is 5.78 Å². The van der Waals surface area contributed by atoms with E-state index in [1.807, 2.05) is 27.9 Å². The van der Waals surface area contributed by atoms with Gasteiger partial charge in [0.25, 0.3) is 5.78 Å². The van der Waals surface area contributed by atoms with Crippen LogP contribution < -0.4 is 9.64 Å². The van der Waals surface area contributed by atoms with Crippen molar-refractivity contribution in [3.8, 4) is 5.75 Å². The first-order valence-corrected chi connectivity index (χ1v) is 13.3. The number of aryl methyl sites for hydroxylation is 3. The molecule has 8 nitrogen and oxygen atoms in total. The van der Waals surface area contributed by atoms with Crippen LogP contribution in [0.3, 0.4) is 0 Å². The molecule has 0 spiro atoms. The van der Waals surface area contributed by atoms with Gasteiger partial charge in [-0.25, -0.2) is 4.98 Å². The Bertz CT molecular complexity index is 1290. The molecule has 8 heteroatoms. The molecular formula is C28H36N6O2. The molecule has 1 atom stereocenters. The summed E-state index contributed by atoms with van der Waals surface area (Å²) >= 11 is 0. The lowest BCUT2D eigenvalue weighted by Crippen LogP contribution is -2.70. The lowest BCUT2D eigenvalue weighted by Gasteiger charge is -2.72. The van der Waals surface area contributed by atoms with Crippen LogP contribution in [0.5, 0.6) is 5.75 Å². The monoisotopic (exact) mass is 488 g/mol. The number of likely N-dealkylation sites (tertiary alicyclic amines) is 1. The van der Waals surface area contributed by atoms with Crippen molar-refractivity contribution in [1.82, 2.24) is 24.5 Å². The summed E-state index contributed by atoms with van der Waals surface area (Å²) in [5, 5.41) is 4.47. The molecule has 3 saturated carbocycles. The van der Waals surface area contributed by atoms with Crippen molar-refractivity contribution in [2.75, 3.05) is 44.7 Å².